The van der Waals surface area contributed by atoms with Crippen molar-refractivity contribution in [2.45, 2.75) is 13.0 Å². The second kappa shape index (κ2) is 4.68. The van der Waals surface area contributed by atoms with Crippen molar-refractivity contribution in [3.05, 3.63) is 29.8 Å². The number of nitrogens with two attached hydrogens (primary N) is 1. The normalized spacial score (nSPS) is 11.9. The highest BCUT2D eigenvalue weighted by atomic mass is 16.2. The van der Waals surface area contributed by atoms with Gasteiger partial charge in [0.25, 0.3) is 0 Å². The lowest BCUT2D eigenvalue weighted by Gasteiger charge is -2.19. The first kappa shape index (κ1) is 11.4. The number of amides is 2. The van der Waals surface area contributed by atoms with Crippen LogP contribution in [0.4, 0.5) is 10.5 Å². The number of para-hydroxylation sites is 1. The summed E-state index contributed by atoms with van der Waals surface area (Å²) in [6.07, 6.45) is 0. The SMILES string of the molecule is C[C@@H](NC(=O)N(C)C)c1ccccc1N. The summed E-state index contributed by atoms with van der Waals surface area (Å²) in [7, 11) is 3.41. The number of hydrogen-bond acceptors (Lipinski definition) is 2. The van der Waals surface area contributed by atoms with Crippen LogP contribution < -0.4 is 11.1 Å². The Hall–Kier alpha value is -1.71. The smallest absolute Gasteiger partial charge is 0.317 e. The number of hydrogen-bond donors (Lipinski definition) is 2. The molecule has 0 saturated carbocycles. The van der Waals surface area contributed by atoms with E-state index in [-0.39, 0.29) is 12.1 Å². The third-order valence-corrected chi connectivity index (χ3v) is 2.21. The Balaban J connectivity index is 2.73. The van der Waals surface area contributed by atoms with Crippen molar-refractivity contribution in [3.63, 3.8) is 0 Å². The summed E-state index contributed by atoms with van der Waals surface area (Å²) in [4.78, 5) is 12.9. The van der Waals surface area contributed by atoms with Gasteiger partial charge >= 0.3 is 6.03 Å². The first-order valence-electron chi connectivity index (χ1n) is 4.84. The molecule has 1 atom stereocenters. The van der Waals surface area contributed by atoms with E-state index in [1.165, 1.54) is 4.90 Å². The summed E-state index contributed by atoms with van der Waals surface area (Å²) in [5.41, 5.74) is 7.44. The first-order valence-corrected chi connectivity index (χ1v) is 4.84. The first-order chi connectivity index (χ1) is 7.02. The Bertz CT molecular complexity index is 349. The third-order valence-electron chi connectivity index (χ3n) is 2.21. The van der Waals surface area contributed by atoms with Crippen LogP contribution in [0.2, 0.25) is 0 Å². The topological polar surface area (TPSA) is 58.4 Å². The fourth-order valence-corrected chi connectivity index (χ4v) is 1.30. The van der Waals surface area contributed by atoms with Crippen LogP contribution in [0.15, 0.2) is 24.3 Å². The number of nitrogen functional groups attached to an aromatic ring is 1. The number of nitrogens with zero attached hydrogens (tertiary/aromatic N) is 1. The van der Waals surface area contributed by atoms with Crippen LogP contribution in [0.3, 0.4) is 0 Å². The Morgan fingerprint density at radius 3 is 2.53 bits per heavy atom. The minimum Gasteiger partial charge on any atom is -0.398 e. The van der Waals surface area contributed by atoms with E-state index in [1.54, 1.807) is 14.1 Å². The van der Waals surface area contributed by atoms with Crippen LogP contribution in [-0.4, -0.2) is 25.0 Å². The molecule has 0 heterocycles. The zero-order valence-corrected chi connectivity index (χ0v) is 9.32. The standard InChI is InChI=1S/C11H17N3O/c1-8(13-11(15)14(2)3)9-6-4-5-7-10(9)12/h4-8H,12H2,1-3H3,(H,13,15)/t8-/m1/s1. The molecule has 0 radical (unpaired) electrons. The van der Waals surface area contributed by atoms with Gasteiger partial charge in [0.15, 0.2) is 0 Å². The van der Waals surface area contributed by atoms with Crippen molar-refractivity contribution >= 4 is 11.7 Å². The molecule has 15 heavy (non-hydrogen) atoms. The third kappa shape index (κ3) is 2.87. The largest absolute Gasteiger partial charge is 0.398 e. The molecule has 0 fully saturated rings. The van der Waals surface area contributed by atoms with Gasteiger partial charge in [0.05, 0.1) is 6.04 Å². The van der Waals surface area contributed by atoms with Crippen LogP contribution in [-0.2, 0) is 0 Å². The van der Waals surface area contributed by atoms with Gasteiger partial charge < -0.3 is 16.0 Å². The van der Waals surface area contributed by atoms with Crippen LogP contribution in [0, 0.1) is 0 Å². The van der Waals surface area contributed by atoms with E-state index in [9.17, 15) is 4.79 Å². The van der Waals surface area contributed by atoms with Crippen LogP contribution in [0.1, 0.15) is 18.5 Å². The van der Waals surface area contributed by atoms with Gasteiger partial charge in [0, 0.05) is 19.8 Å². The predicted octanol–water partition coefficient (Wildman–Crippen LogP) is 1.60. The van der Waals surface area contributed by atoms with E-state index in [4.69, 9.17) is 5.73 Å². The fraction of sp³-hybridized carbons (Fsp3) is 0.364. The van der Waals surface area contributed by atoms with Gasteiger partial charge in [-0.1, -0.05) is 18.2 Å². The molecule has 1 rings (SSSR count). The van der Waals surface area contributed by atoms with Crippen LogP contribution in [0.25, 0.3) is 0 Å². The number of nitrogens with one attached hydrogen (secondary N) is 1. The van der Waals surface area contributed by atoms with E-state index in [0.717, 1.165) is 5.56 Å². The van der Waals surface area contributed by atoms with E-state index in [1.807, 2.05) is 31.2 Å². The molecule has 1 aromatic carbocycles. The molecular formula is C11H17N3O. The predicted molar refractivity (Wildman–Crippen MR) is 61.5 cm³/mol. The lowest BCUT2D eigenvalue weighted by molar-refractivity contribution is 0.214. The molecule has 2 amide bonds. The van der Waals surface area contributed by atoms with E-state index < -0.39 is 0 Å². The number of rotatable bonds is 2. The molecule has 0 spiro atoms. The zero-order chi connectivity index (χ0) is 11.4. The number of urea groups is 1. The lowest BCUT2D eigenvalue weighted by atomic mass is 10.1. The number of anilines is 1. The molecule has 3 N–H and O–H groups in total. The van der Waals surface area contributed by atoms with Crippen LogP contribution in [0.5, 0.6) is 0 Å². The summed E-state index contributed by atoms with van der Waals surface area (Å²) in [6, 6.07) is 7.32. The lowest BCUT2D eigenvalue weighted by Crippen LogP contribution is -2.36. The minimum absolute atomic E-state index is 0.0823. The molecular weight excluding hydrogens is 190 g/mol. The summed E-state index contributed by atoms with van der Waals surface area (Å²) in [5.74, 6) is 0. The molecule has 0 aliphatic heterocycles. The Morgan fingerprint density at radius 2 is 2.00 bits per heavy atom. The zero-order valence-electron chi connectivity index (χ0n) is 9.32. The second-order valence-electron chi connectivity index (χ2n) is 3.69. The van der Waals surface area contributed by atoms with Crippen molar-refractivity contribution in [2.24, 2.45) is 0 Å². The van der Waals surface area contributed by atoms with Gasteiger partial charge in [-0.3, -0.25) is 0 Å². The molecule has 4 nitrogen and oxygen atoms in total. The van der Waals surface area contributed by atoms with Crippen molar-refractivity contribution in [1.82, 2.24) is 10.2 Å². The average molecular weight is 207 g/mol. The molecule has 0 unspecified atom stereocenters. The van der Waals surface area contributed by atoms with Gasteiger partial charge in [0.2, 0.25) is 0 Å². The highest BCUT2D eigenvalue weighted by molar-refractivity contribution is 5.74. The molecule has 0 saturated heterocycles. The Kier molecular flexibility index (Phi) is 3.55. The van der Waals surface area contributed by atoms with E-state index >= 15 is 0 Å². The summed E-state index contributed by atoms with van der Waals surface area (Å²) >= 11 is 0. The minimum atomic E-state index is -0.120. The molecule has 1 aromatic rings. The van der Waals surface area contributed by atoms with Gasteiger partial charge in [0.1, 0.15) is 0 Å². The molecule has 0 aliphatic carbocycles. The maximum atomic E-state index is 11.4. The quantitative estimate of drug-likeness (QED) is 0.724. The highest BCUT2D eigenvalue weighted by Crippen LogP contribution is 2.19. The fourth-order valence-electron chi connectivity index (χ4n) is 1.30. The van der Waals surface area contributed by atoms with Crippen molar-refractivity contribution < 1.29 is 4.79 Å². The monoisotopic (exact) mass is 207 g/mol. The molecule has 4 heteroatoms. The molecule has 82 valence electrons. The van der Waals surface area contributed by atoms with Gasteiger partial charge in [-0.25, -0.2) is 4.79 Å². The van der Waals surface area contributed by atoms with Gasteiger partial charge in [-0.2, -0.15) is 0 Å². The van der Waals surface area contributed by atoms with E-state index in [2.05, 4.69) is 5.32 Å². The van der Waals surface area contributed by atoms with E-state index in [0.29, 0.717) is 5.69 Å². The van der Waals surface area contributed by atoms with Crippen molar-refractivity contribution in [1.29, 1.82) is 0 Å². The van der Waals surface area contributed by atoms with Crippen molar-refractivity contribution in [2.75, 3.05) is 19.8 Å². The highest BCUT2D eigenvalue weighted by Gasteiger charge is 2.12. The summed E-state index contributed by atoms with van der Waals surface area (Å²) in [6.45, 7) is 1.91. The summed E-state index contributed by atoms with van der Waals surface area (Å²) < 4.78 is 0. The summed E-state index contributed by atoms with van der Waals surface area (Å²) in [5, 5.41) is 2.84. The van der Waals surface area contributed by atoms with Gasteiger partial charge in [-0.15, -0.1) is 0 Å². The second-order valence-corrected chi connectivity index (χ2v) is 3.69. The maximum absolute atomic E-state index is 11.4. The molecule has 0 bridgehead atoms. The van der Waals surface area contributed by atoms with Crippen LogP contribution >= 0.6 is 0 Å². The number of carbonyl (C=O) groups excluding carboxylic acids is 1. The van der Waals surface area contributed by atoms with Crippen molar-refractivity contribution in [3.8, 4) is 0 Å². The molecule has 0 aliphatic rings. The Morgan fingerprint density at radius 1 is 1.40 bits per heavy atom. The van der Waals surface area contributed by atoms with Gasteiger partial charge in [-0.05, 0) is 18.6 Å². The number of carbonyl (C=O) groups is 1. The maximum Gasteiger partial charge on any atom is 0.317 e. The Labute approximate surface area is 90.1 Å². The average Bonchev–Trinajstić information content (AvgIpc) is 2.18. The number of benzene rings is 1. The molecule has 0 aromatic heterocycles.